The van der Waals surface area contributed by atoms with Crippen LogP contribution >= 0.6 is 0 Å². The van der Waals surface area contributed by atoms with Crippen molar-refractivity contribution in [2.75, 3.05) is 25.0 Å². The number of carbonyl (C=O) groups is 5. The first-order valence-electron chi connectivity index (χ1n) is 11.5. The second kappa shape index (κ2) is 13.7. The molecule has 12 heteroatoms. The third kappa shape index (κ3) is 8.62. The van der Waals surface area contributed by atoms with Crippen LogP contribution in [0.3, 0.4) is 0 Å². The summed E-state index contributed by atoms with van der Waals surface area (Å²) in [7, 11) is 0. The molecule has 0 bridgehead atoms. The Bertz CT molecular complexity index is 1080. The van der Waals surface area contributed by atoms with E-state index in [1.165, 1.54) is 41.8 Å². The highest BCUT2D eigenvalue weighted by Gasteiger charge is 2.22. The number of hydrogen-bond donors (Lipinski definition) is 5. The number of nitrogens with zero attached hydrogens (tertiary/aromatic N) is 1. The van der Waals surface area contributed by atoms with Crippen molar-refractivity contribution >= 4 is 46.4 Å². The lowest BCUT2D eigenvalue weighted by Crippen LogP contribution is -3.12. The zero-order chi connectivity index (χ0) is 26.7. The van der Waals surface area contributed by atoms with Crippen LogP contribution in [0.4, 0.5) is 5.69 Å². The second-order valence-corrected chi connectivity index (χ2v) is 8.37. The van der Waals surface area contributed by atoms with E-state index >= 15 is 0 Å². The van der Waals surface area contributed by atoms with Gasteiger partial charge >= 0.3 is 17.9 Å². The number of benzene rings is 1. The van der Waals surface area contributed by atoms with Gasteiger partial charge in [-0.05, 0) is 56.6 Å². The maximum Gasteiger partial charge on any atom is 0.414 e. The standard InChI is InChI=1S/C20H25N3O.2C2H2O4/c24-19(14-23-12-5-1-2-6-13-23)22-20-15-8-3-4-10-17(15)21-18-11-7-9-16(18)20;2*3-1(4)2(5)6/h3-4,8,10H,1-2,5-7,9,11-14H2,(H,21,22,24);2*(H,3,4)(H,5,6). The number of likely N-dealkylation sites (tertiary alicyclic amines) is 1. The molecule has 1 aliphatic heterocycles. The average molecular weight is 504 g/mol. The predicted molar refractivity (Wildman–Crippen MR) is 124 cm³/mol. The van der Waals surface area contributed by atoms with Gasteiger partial charge in [0.25, 0.3) is 5.91 Å². The van der Waals surface area contributed by atoms with Crippen LogP contribution in [0.5, 0.6) is 0 Å². The van der Waals surface area contributed by atoms with Crippen molar-refractivity contribution in [3.63, 3.8) is 0 Å². The molecule has 1 aromatic heterocycles. The molecule has 0 radical (unpaired) electrons. The number of para-hydroxylation sites is 1. The maximum atomic E-state index is 12.7. The zero-order valence-electron chi connectivity index (χ0n) is 19.6. The fraction of sp³-hybridized carbons (Fsp3) is 0.417. The lowest BCUT2D eigenvalue weighted by Gasteiger charge is -2.18. The molecular formula is C24H29N3O9. The Hall–Kier alpha value is -4.06. The van der Waals surface area contributed by atoms with Gasteiger partial charge in [0.15, 0.2) is 12.5 Å². The molecule has 1 fully saturated rings. The highest BCUT2D eigenvalue weighted by atomic mass is 16.4. The Kier molecular flexibility index (Phi) is 10.7. The normalized spacial score (nSPS) is 14.7. The zero-order valence-corrected chi connectivity index (χ0v) is 19.6. The van der Waals surface area contributed by atoms with E-state index in [1.807, 2.05) is 18.2 Å². The summed E-state index contributed by atoms with van der Waals surface area (Å²) in [6, 6.07) is 8.17. The number of carbonyl (C=O) groups excluding carboxylic acids is 2. The van der Waals surface area contributed by atoms with Gasteiger partial charge in [0.05, 0.1) is 24.3 Å². The number of aryl methyl sites for hydroxylation is 1. The van der Waals surface area contributed by atoms with Crippen LogP contribution < -0.4 is 15.3 Å². The van der Waals surface area contributed by atoms with Crippen LogP contribution in [0.25, 0.3) is 10.9 Å². The first-order valence-corrected chi connectivity index (χ1v) is 11.5. The molecule has 5 N–H and O–H groups in total. The van der Waals surface area contributed by atoms with Crippen LogP contribution in [0, 0.1) is 0 Å². The number of carboxylic acids is 4. The highest BCUT2D eigenvalue weighted by molar-refractivity contribution is 6.27. The first-order chi connectivity index (χ1) is 17.1. The van der Waals surface area contributed by atoms with Gasteiger partial charge in [0.1, 0.15) is 0 Å². The minimum absolute atomic E-state index is 0.150. The number of anilines is 1. The Labute approximate surface area is 206 Å². The Morgan fingerprint density at radius 3 is 2.00 bits per heavy atom. The number of amides is 1. The van der Waals surface area contributed by atoms with E-state index in [9.17, 15) is 4.79 Å². The van der Waals surface area contributed by atoms with E-state index < -0.39 is 23.9 Å². The van der Waals surface area contributed by atoms with Crippen molar-refractivity contribution in [2.24, 2.45) is 0 Å². The summed E-state index contributed by atoms with van der Waals surface area (Å²) >= 11 is 0. The van der Waals surface area contributed by atoms with E-state index in [4.69, 9.17) is 44.6 Å². The molecule has 0 saturated carbocycles. The number of quaternary nitrogens is 1. The van der Waals surface area contributed by atoms with Gasteiger partial charge in [-0.1, -0.05) is 18.2 Å². The Morgan fingerprint density at radius 2 is 1.44 bits per heavy atom. The molecule has 0 spiro atoms. The summed E-state index contributed by atoms with van der Waals surface area (Å²) in [6.07, 6.45) is 8.31. The molecule has 12 nitrogen and oxygen atoms in total. The van der Waals surface area contributed by atoms with Crippen LogP contribution in [0.15, 0.2) is 24.3 Å². The minimum atomic E-state index is -2.07. The van der Waals surface area contributed by atoms with Crippen molar-refractivity contribution in [3.05, 3.63) is 35.5 Å². The lowest BCUT2D eigenvalue weighted by atomic mass is 10.1. The van der Waals surface area contributed by atoms with Crippen molar-refractivity contribution in [3.8, 4) is 0 Å². The number of aliphatic carboxylic acids is 4. The number of carboxylic acid groups (broad SMARTS) is 4. The average Bonchev–Trinajstić information content (AvgIpc) is 3.15. The smallest absolute Gasteiger partial charge is 0.414 e. The molecule has 0 atom stereocenters. The summed E-state index contributed by atoms with van der Waals surface area (Å²) in [6.45, 7) is 2.84. The van der Waals surface area contributed by atoms with Crippen molar-refractivity contribution in [1.82, 2.24) is 4.98 Å². The number of nitrogens with one attached hydrogen (secondary N) is 2. The molecule has 2 aliphatic rings. The summed E-state index contributed by atoms with van der Waals surface area (Å²) in [5, 5.41) is 35.4. The summed E-state index contributed by atoms with van der Waals surface area (Å²) < 4.78 is 0. The molecule has 2 aromatic rings. The van der Waals surface area contributed by atoms with Gasteiger partial charge in [-0.2, -0.15) is 0 Å². The van der Waals surface area contributed by atoms with Crippen LogP contribution in [-0.2, 0) is 36.8 Å². The van der Waals surface area contributed by atoms with Crippen LogP contribution in [0.1, 0.15) is 43.4 Å². The van der Waals surface area contributed by atoms with Crippen molar-refractivity contribution < 1.29 is 49.3 Å². The summed E-state index contributed by atoms with van der Waals surface area (Å²) in [4.78, 5) is 55.1. The molecule has 1 aliphatic carbocycles. The topological polar surface area (TPSA) is 198 Å². The first kappa shape index (κ1) is 28.2. The fourth-order valence-corrected chi connectivity index (χ4v) is 4.17. The molecule has 1 saturated heterocycles. The largest absolute Gasteiger partial charge is 0.539 e. The molecule has 1 amide bonds. The monoisotopic (exact) mass is 503 g/mol. The lowest BCUT2D eigenvalue weighted by molar-refractivity contribution is -0.890. The van der Waals surface area contributed by atoms with Gasteiger partial charge in [-0.25, -0.2) is 14.4 Å². The van der Waals surface area contributed by atoms with Gasteiger partial charge < -0.3 is 35.4 Å². The van der Waals surface area contributed by atoms with E-state index in [0.717, 1.165) is 48.9 Å². The van der Waals surface area contributed by atoms with Crippen molar-refractivity contribution in [2.45, 2.75) is 44.9 Å². The molecule has 0 unspecified atom stereocenters. The predicted octanol–water partition coefficient (Wildman–Crippen LogP) is -0.903. The highest BCUT2D eigenvalue weighted by Crippen LogP contribution is 2.33. The van der Waals surface area contributed by atoms with Gasteiger partial charge in [0.2, 0.25) is 0 Å². The SMILES string of the molecule is O=C(C[NH+]1CCCCCC1)Nc1c2c(nc3ccccc13)CCC2.O=C(O)C(=O)O.O=C([O-])C(=O)O. The van der Waals surface area contributed by atoms with E-state index in [2.05, 4.69) is 11.4 Å². The van der Waals surface area contributed by atoms with E-state index in [1.54, 1.807) is 0 Å². The molecule has 1 aromatic carbocycles. The Morgan fingerprint density at radius 1 is 0.861 bits per heavy atom. The van der Waals surface area contributed by atoms with Crippen LogP contribution in [-0.4, -0.2) is 69.7 Å². The van der Waals surface area contributed by atoms with E-state index in [0.29, 0.717) is 6.54 Å². The Balaban J connectivity index is 0.000000319. The molecule has 4 rings (SSSR count). The van der Waals surface area contributed by atoms with Gasteiger partial charge in [0, 0.05) is 11.1 Å². The van der Waals surface area contributed by atoms with Crippen LogP contribution in [0.2, 0.25) is 0 Å². The number of pyridine rings is 1. The fourth-order valence-electron chi connectivity index (χ4n) is 4.17. The third-order valence-corrected chi connectivity index (χ3v) is 5.76. The number of hydrogen-bond acceptors (Lipinski definition) is 7. The van der Waals surface area contributed by atoms with Gasteiger partial charge in [-0.15, -0.1) is 0 Å². The van der Waals surface area contributed by atoms with Crippen molar-refractivity contribution in [1.29, 1.82) is 0 Å². The summed E-state index contributed by atoms with van der Waals surface area (Å²) in [5.41, 5.74) is 4.45. The number of aromatic nitrogens is 1. The van der Waals surface area contributed by atoms with E-state index in [-0.39, 0.29) is 5.91 Å². The second-order valence-electron chi connectivity index (χ2n) is 8.37. The maximum absolute atomic E-state index is 12.7. The quantitative estimate of drug-likeness (QED) is 0.327. The third-order valence-electron chi connectivity index (χ3n) is 5.76. The molecule has 194 valence electrons. The minimum Gasteiger partial charge on any atom is -0.539 e. The number of rotatable bonds is 3. The van der Waals surface area contributed by atoms with Gasteiger partial charge in [-0.3, -0.25) is 9.78 Å². The number of fused-ring (bicyclic) bond motifs is 2. The summed E-state index contributed by atoms with van der Waals surface area (Å²) in [5.74, 6) is -7.51. The molecule has 2 heterocycles. The molecular weight excluding hydrogens is 474 g/mol. The molecule has 36 heavy (non-hydrogen) atoms.